The summed E-state index contributed by atoms with van der Waals surface area (Å²) in [6.45, 7) is 7.33. The number of nitrogens with zero attached hydrogens (tertiary/aromatic N) is 1. The molecule has 0 amide bonds. The van der Waals surface area contributed by atoms with Gasteiger partial charge < -0.3 is 19.1 Å². The number of rotatable bonds is 8. The fourth-order valence-corrected chi connectivity index (χ4v) is 1.65. The molecule has 1 aromatic carbocycles. The van der Waals surface area contributed by atoms with Gasteiger partial charge in [0, 0.05) is 6.54 Å². The first-order chi connectivity index (χ1) is 9.93. The van der Waals surface area contributed by atoms with Gasteiger partial charge in [0.15, 0.2) is 11.5 Å². The normalized spacial score (nSPS) is 10.8. The van der Waals surface area contributed by atoms with Crippen LogP contribution in [-0.4, -0.2) is 50.8 Å². The lowest BCUT2D eigenvalue weighted by molar-refractivity contribution is 0.0525. The second-order valence-corrected chi connectivity index (χ2v) is 5.20. The summed E-state index contributed by atoms with van der Waals surface area (Å²) >= 11 is 0. The fourth-order valence-electron chi connectivity index (χ4n) is 1.65. The maximum Gasteiger partial charge on any atom is 0.338 e. The van der Waals surface area contributed by atoms with E-state index in [1.54, 1.807) is 25.1 Å². The third kappa shape index (κ3) is 6.04. The van der Waals surface area contributed by atoms with Crippen LogP contribution in [0, 0.1) is 0 Å². The molecule has 5 heteroatoms. The van der Waals surface area contributed by atoms with Crippen molar-refractivity contribution in [3.8, 4) is 11.5 Å². The van der Waals surface area contributed by atoms with Gasteiger partial charge in [0.1, 0.15) is 6.61 Å². The molecule has 118 valence electrons. The van der Waals surface area contributed by atoms with Gasteiger partial charge in [-0.15, -0.1) is 0 Å². The van der Waals surface area contributed by atoms with E-state index in [4.69, 9.17) is 14.2 Å². The third-order valence-electron chi connectivity index (χ3n) is 2.61. The van der Waals surface area contributed by atoms with E-state index in [-0.39, 0.29) is 12.1 Å². The van der Waals surface area contributed by atoms with Crippen LogP contribution >= 0.6 is 0 Å². The van der Waals surface area contributed by atoms with E-state index >= 15 is 0 Å². The Morgan fingerprint density at radius 3 is 2.52 bits per heavy atom. The second-order valence-electron chi connectivity index (χ2n) is 5.20. The van der Waals surface area contributed by atoms with E-state index in [2.05, 4.69) is 0 Å². The van der Waals surface area contributed by atoms with Gasteiger partial charge in [-0.3, -0.25) is 0 Å². The third-order valence-corrected chi connectivity index (χ3v) is 2.61. The molecule has 0 fully saturated rings. The molecule has 0 aliphatic carbocycles. The number of benzene rings is 1. The lowest BCUT2D eigenvalue weighted by atomic mass is 10.2. The van der Waals surface area contributed by atoms with Crippen LogP contribution in [0.5, 0.6) is 11.5 Å². The fraction of sp³-hybridized carbons (Fsp3) is 0.562. The molecule has 21 heavy (non-hydrogen) atoms. The summed E-state index contributed by atoms with van der Waals surface area (Å²) < 4.78 is 16.5. The van der Waals surface area contributed by atoms with Crippen molar-refractivity contribution in [3.63, 3.8) is 0 Å². The SMILES string of the molecule is CCOC(=O)c1ccc(OC(C)C)c(OCCN(C)C)c1. The second kappa shape index (κ2) is 8.52. The molecule has 0 aliphatic heterocycles. The van der Waals surface area contributed by atoms with Crippen molar-refractivity contribution < 1.29 is 19.0 Å². The van der Waals surface area contributed by atoms with E-state index in [0.717, 1.165) is 6.54 Å². The minimum absolute atomic E-state index is 0.0367. The van der Waals surface area contributed by atoms with E-state index in [0.29, 0.717) is 30.3 Å². The Bertz CT molecular complexity index is 458. The highest BCUT2D eigenvalue weighted by atomic mass is 16.5. The van der Waals surface area contributed by atoms with Gasteiger partial charge in [0.2, 0.25) is 0 Å². The van der Waals surface area contributed by atoms with Gasteiger partial charge in [-0.25, -0.2) is 4.79 Å². The van der Waals surface area contributed by atoms with Crippen molar-refractivity contribution in [2.75, 3.05) is 33.9 Å². The molecule has 0 heterocycles. The van der Waals surface area contributed by atoms with Crippen molar-refractivity contribution in [3.05, 3.63) is 23.8 Å². The first-order valence-electron chi connectivity index (χ1n) is 7.19. The Labute approximate surface area is 126 Å². The van der Waals surface area contributed by atoms with E-state index in [1.807, 2.05) is 32.8 Å². The van der Waals surface area contributed by atoms with E-state index < -0.39 is 0 Å². The molecule has 0 atom stereocenters. The van der Waals surface area contributed by atoms with Crippen LogP contribution in [0.2, 0.25) is 0 Å². The molecule has 0 spiro atoms. The van der Waals surface area contributed by atoms with Crippen molar-refractivity contribution in [1.29, 1.82) is 0 Å². The van der Waals surface area contributed by atoms with Gasteiger partial charge in [-0.1, -0.05) is 0 Å². The van der Waals surface area contributed by atoms with Crippen LogP contribution in [0.3, 0.4) is 0 Å². The molecule has 0 N–H and O–H groups in total. The van der Waals surface area contributed by atoms with Crippen LogP contribution in [0.25, 0.3) is 0 Å². The number of ether oxygens (including phenoxy) is 3. The average Bonchev–Trinajstić information content (AvgIpc) is 2.39. The summed E-state index contributed by atoms with van der Waals surface area (Å²) in [5.74, 6) is 0.846. The summed E-state index contributed by atoms with van der Waals surface area (Å²) in [6.07, 6.45) is 0.0367. The molecular weight excluding hydrogens is 270 g/mol. The van der Waals surface area contributed by atoms with E-state index in [9.17, 15) is 4.79 Å². The number of hydrogen-bond donors (Lipinski definition) is 0. The molecule has 0 unspecified atom stereocenters. The highest BCUT2D eigenvalue weighted by molar-refractivity contribution is 5.90. The lowest BCUT2D eigenvalue weighted by Gasteiger charge is -2.17. The van der Waals surface area contributed by atoms with Gasteiger partial charge in [0.05, 0.1) is 18.3 Å². The maximum absolute atomic E-state index is 11.8. The summed E-state index contributed by atoms with van der Waals surface area (Å²) in [7, 11) is 3.95. The van der Waals surface area contributed by atoms with E-state index in [1.165, 1.54) is 0 Å². The number of likely N-dealkylation sites (N-methyl/N-ethyl adjacent to an activating group) is 1. The molecule has 5 nitrogen and oxygen atoms in total. The van der Waals surface area contributed by atoms with Crippen LogP contribution in [-0.2, 0) is 4.74 Å². The predicted molar refractivity (Wildman–Crippen MR) is 82.2 cm³/mol. The monoisotopic (exact) mass is 295 g/mol. The predicted octanol–water partition coefficient (Wildman–Crippen LogP) is 2.59. The topological polar surface area (TPSA) is 48.0 Å². The Morgan fingerprint density at radius 2 is 1.95 bits per heavy atom. The summed E-state index contributed by atoms with van der Waals surface area (Å²) in [6, 6.07) is 5.11. The minimum Gasteiger partial charge on any atom is -0.488 e. The standard InChI is InChI=1S/C16H25NO4/c1-6-19-16(18)13-7-8-14(21-12(2)3)15(11-13)20-10-9-17(4)5/h7-8,11-12H,6,9-10H2,1-5H3. The zero-order valence-corrected chi connectivity index (χ0v) is 13.5. The zero-order valence-electron chi connectivity index (χ0n) is 13.5. The van der Waals surface area contributed by atoms with Gasteiger partial charge in [0.25, 0.3) is 0 Å². The highest BCUT2D eigenvalue weighted by Crippen LogP contribution is 2.29. The number of carbonyl (C=O) groups is 1. The number of hydrogen-bond acceptors (Lipinski definition) is 5. The first kappa shape index (κ1) is 17.3. The molecule has 0 aromatic heterocycles. The molecule has 0 bridgehead atoms. The maximum atomic E-state index is 11.8. The number of carbonyl (C=O) groups excluding carboxylic acids is 1. The Hall–Kier alpha value is -1.75. The average molecular weight is 295 g/mol. The summed E-state index contributed by atoms with van der Waals surface area (Å²) in [5, 5.41) is 0. The smallest absolute Gasteiger partial charge is 0.338 e. The van der Waals surface area contributed by atoms with Crippen LogP contribution < -0.4 is 9.47 Å². The first-order valence-corrected chi connectivity index (χ1v) is 7.19. The molecule has 1 aromatic rings. The van der Waals surface area contributed by atoms with Gasteiger partial charge >= 0.3 is 5.97 Å². The van der Waals surface area contributed by atoms with Crippen molar-refractivity contribution in [2.24, 2.45) is 0 Å². The van der Waals surface area contributed by atoms with Crippen molar-refractivity contribution in [1.82, 2.24) is 4.90 Å². The lowest BCUT2D eigenvalue weighted by Crippen LogP contribution is -2.20. The molecule has 0 aliphatic rings. The zero-order chi connectivity index (χ0) is 15.8. The number of esters is 1. The van der Waals surface area contributed by atoms with Crippen molar-refractivity contribution >= 4 is 5.97 Å². The quantitative estimate of drug-likeness (QED) is 0.690. The summed E-state index contributed by atoms with van der Waals surface area (Å²) in [4.78, 5) is 13.8. The largest absolute Gasteiger partial charge is 0.488 e. The van der Waals surface area contributed by atoms with Gasteiger partial charge in [-0.2, -0.15) is 0 Å². The Morgan fingerprint density at radius 1 is 1.24 bits per heavy atom. The molecule has 1 rings (SSSR count). The summed E-state index contributed by atoms with van der Waals surface area (Å²) in [5.41, 5.74) is 0.466. The molecule has 0 radical (unpaired) electrons. The minimum atomic E-state index is -0.356. The Kier molecular flexibility index (Phi) is 7.02. The van der Waals surface area contributed by atoms with Crippen LogP contribution in [0.4, 0.5) is 0 Å². The molecule has 0 saturated heterocycles. The Balaban J connectivity index is 2.90. The van der Waals surface area contributed by atoms with Crippen molar-refractivity contribution in [2.45, 2.75) is 26.9 Å². The molecular formula is C16H25NO4. The highest BCUT2D eigenvalue weighted by Gasteiger charge is 2.13. The van der Waals surface area contributed by atoms with Crippen LogP contribution in [0.1, 0.15) is 31.1 Å². The van der Waals surface area contributed by atoms with Gasteiger partial charge in [-0.05, 0) is 53.1 Å². The molecule has 0 saturated carbocycles. The van der Waals surface area contributed by atoms with Crippen LogP contribution in [0.15, 0.2) is 18.2 Å².